The summed E-state index contributed by atoms with van der Waals surface area (Å²) in [5.74, 6) is 0. The highest BCUT2D eigenvalue weighted by molar-refractivity contribution is 5.33. The van der Waals surface area contributed by atoms with Crippen molar-refractivity contribution >= 4 is 0 Å². The van der Waals surface area contributed by atoms with Crippen molar-refractivity contribution in [3.8, 4) is 0 Å². The predicted octanol–water partition coefficient (Wildman–Crippen LogP) is 4.12. The number of hydrogen-bond acceptors (Lipinski definition) is 2. The van der Waals surface area contributed by atoms with E-state index in [4.69, 9.17) is 4.74 Å². The van der Waals surface area contributed by atoms with Crippen LogP contribution in [0.1, 0.15) is 22.4 Å². The Labute approximate surface area is 139 Å². The van der Waals surface area contributed by atoms with Gasteiger partial charge >= 0.3 is 12.4 Å². The Morgan fingerprint density at radius 3 is 2.04 bits per heavy atom. The number of ether oxygens (including phenoxy) is 1. The molecule has 0 saturated heterocycles. The molecule has 0 unspecified atom stereocenters. The number of pyridine rings is 1. The Bertz CT molecular complexity index is 695. The molecule has 3 nitrogen and oxygen atoms in total. The van der Waals surface area contributed by atoms with Crippen LogP contribution in [0.3, 0.4) is 0 Å². The highest BCUT2D eigenvalue weighted by Crippen LogP contribution is 2.36. The van der Waals surface area contributed by atoms with Gasteiger partial charge in [0.05, 0.1) is 30.8 Å². The maximum atomic E-state index is 12.7. The fourth-order valence-electron chi connectivity index (χ4n) is 2.13. The van der Waals surface area contributed by atoms with Crippen molar-refractivity contribution in [2.75, 3.05) is 6.61 Å². The van der Waals surface area contributed by atoms with Gasteiger partial charge in [0.1, 0.15) is 0 Å². The highest BCUT2D eigenvalue weighted by atomic mass is 19.4. The van der Waals surface area contributed by atoms with E-state index in [1.165, 1.54) is 12.3 Å². The molecule has 0 atom stereocenters. The van der Waals surface area contributed by atoms with E-state index < -0.39 is 30.1 Å². The second-order valence-electron chi connectivity index (χ2n) is 5.23. The fraction of sp³-hybridized carbons (Fsp3) is 0.312. The molecule has 136 valence electrons. The number of halogens is 6. The lowest BCUT2D eigenvalue weighted by atomic mass is 10.1. The molecule has 0 bridgehead atoms. The summed E-state index contributed by atoms with van der Waals surface area (Å²) < 4.78 is 82.2. The smallest absolute Gasteiger partial charge is 0.416 e. The van der Waals surface area contributed by atoms with Gasteiger partial charge in [0.15, 0.2) is 11.9 Å². The molecule has 0 spiro atoms. The van der Waals surface area contributed by atoms with E-state index in [0.717, 1.165) is 0 Å². The minimum Gasteiger partial charge on any atom is -0.619 e. The molecule has 0 aliphatic carbocycles. The van der Waals surface area contributed by atoms with Gasteiger partial charge in [-0.25, -0.2) is 0 Å². The number of hydrogen-bond donors (Lipinski definition) is 0. The van der Waals surface area contributed by atoms with E-state index in [1.807, 2.05) is 0 Å². The summed E-state index contributed by atoms with van der Waals surface area (Å²) >= 11 is 0. The molecule has 0 fully saturated rings. The molecule has 0 radical (unpaired) electrons. The standard InChI is InChI=1S/C16H13F6NO2/c17-15(18,19)12-7-11(8-13(9-12)16(20,21)22)10-25-6-4-14-3-1-2-5-23(14)24/h1-3,5,7-9H,4,6,10H2. The minimum absolute atomic E-state index is 0.0240. The van der Waals surface area contributed by atoms with Crippen LogP contribution in [0.2, 0.25) is 0 Å². The average Bonchev–Trinajstić information content (AvgIpc) is 2.51. The fourth-order valence-corrected chi connectivity index (χ4v) is 2.13. The third-order valence-corrected chi connectivity index (χ3v) is 3.32. The van der Waals surface area contributed by atoms with Crippen LogP contribution in [0.25, 0.3) is 0 Å². The summed E-state index contributed by atoms with van der Waals surface area (Å²) in [6.45, 7) is -0.456. The molecular formula is C16H13F6NO2. The molecule has 0 N–H and O–H groups in total. The van der Waals surface area contributed by atoms with Crippen molar-refractivity contribution in [1.29, 1.82) is 0 Å². The third kappa shape index (κ3) is 5.35. The zero-order valence-corrected chi connectivity index (χ0v) is 12.7. The number of benzene rings is 1. The second kappa shape index (κ2) is 7.30. The van der Waals surface area contributed by atoms with Gasteiger partial charge < -0.3 is 9.94 Å². The van der Waals surface area contributed by atoms with Crippen molar-refractivity contribution in [3.63, 3.8) is 0 Å². The molecule has 0 aliphatic heterocycles. The van der Waals surface area contributed by atoms with Crippen LogP contribution < -0.4 is 4.73 Å². The van der Waals surface area contributed by atoms with Crippen LogP contribution in [-0.4, -0.2) is 6.61 Å². The average molecular weight is 365 g/mol. The maximum absolute atomic E-state index is 12.7. The highest BCUT2D eigenvalue weighted by Gasteiger charge is 2.36. The molecule has 0 saturated carbocycles. The summed E-state index contributed by atoms with van der Waals surface area (Å²) in [5, 5.41) is 11.4. The van der Waals surface area contributed by atoms with Crippen molar-refractivity contribution in [1.82, 2.24) is 0 Å². The largest absolute Gasteiger partial charge is 0.619 e. The van der Waals surface area contributed by atoms with E-state index in [-0.39, 0.29) is 24.7 Å². The Kier molecular flexibility index (Phi) is 5.56. The van der Waals surface area contributed by atoms with Crippen LogP contribution in [0, 0.1) is 5.21 Å². The topological polar surface area (TPSA) is 36.2 Å². The molecule has 2 aromatic rings. The van der Waals surface area contributed by atoms with E-state index in [0.29, 0.717) is 22.6 Å². The monoisotopic (exact) mass is 365 g/mol. The minimum atomic E-state index is -4.89. The van der Waals surface area contributed by atoms with E-state index >= 15 is 0 Å². The SMILES string of the molecule is [O-][n+]1ccccc1CCOCc1cc(C(F)(F)F)cc(C(F)(F)F)c1. The zero-order valence-electron chi connectivity index (χ0n) is 12.7. The molecular weight excluding hydrogens is 352 g/mol. The first-order chi connectivity index (χ1) is 11.6. The Balaban J connectivity index is 2.07. The first-order valence-corrected chi connectivity index (χ1v) is 7.10. The molecule has 0 aliphatic rings. The van der Waals surface area contributed by atoms with Crippen LogP contribution in [0.4, 0.5) is 26.3 Å². The van der Waals surface area contributed by atoms with Gasteiger partial charge in [-0.1, -0.05) is 6.07 Å². The van der Waals surface area contributed by atoms with Gasteiger partial charge in [-0.15, -0.1) is 0 Å². The first kappa shape index (κ1) is 19.0. The Morgan fingerprint density at radius 2 is 1.52 bits per heavy atom. The summed E-state index contributed by atoms with van der Waals surface area (Å²) in [6, 6.07) is 6.00. The molecule has 1 heterocycles. The third-order valence-electron chi connectivity index (χ3n) is 3.32. The zero-order chi connectivity index (χ0) is 18.7. The van der Waals surface area contributed by atoms with Gasteiger partial charge in [0.25, 0.3) is 0 Å². The first-order valence-electron chi connectivity index (χ1n) is 7.10. The lowest BCUT2D eigenvalue weighted by Gasteiger charge is -2.14. The number of nitrogens with zero attached hydrogens (tertiary/aromatic N) is 1. The quantitative estimate of drug-likeness (QED) is 0.346. The number of aromatic nitrogens is 1. The molecule has 2 rings (SSSR count). The van der Waals surface area contributed by atoms with E-state index in [1.54, 1.807) is 12.1 Å². The molecule has 0 amide bonds. The summed E-state index contributed by atoms with van der Waals surface area (Å²) in [6.07, 6.45) is -8.34. The molecule has 1 aromatic carbocycles. The molecule has 1 aromatic heterocycles. The van der Waals surface area contributed by atoms with Crippen molar-refractivity contribution in [2.24, 2.45) is 0 Å². The van der Waals surface area contributed by atoms with Crippen molar-refractivity contribution in [2.45, 2.75) is 25.4 Å². The predicted molar refractivity (Wildman–Crippen MR) is 75.2 cm³/mol. The van der Waals surface area contributed by atoms with Gasteiger partial charge in [-0.3, -0.25) is 0 Å². The van der Waals surface area contributed by atoms with E-state index in [2.05, 4.69) is 0 Å². The van der Waals surface area contributed by atoms with Crippen LogP contribution in [0.15, 0.2) is 42.6 Å². The lowest BCUT2D eigenvalue weighted by Crippen LogP contribution is -2.31. The number of rotatable bonds is 5. The van der Waals surface area contributed by atoms with Crippen LogP contribution in [-0.2, 0) is 30.1 Å². The van der Waals surface area contributed by atoms with Gasteiger partial charge in [-0.05, 0) is 23.8 Å². The van der Waals surface area contributed by atoms with Crippen LogP contribution >= 0.6 is 0 Å². The summed E-state index contributed by atoms with van der Waals surface area (Å²) in [7, 11) is 0. The lowest BCUT2D eigenvalue weighted by molar-refractivity contribution is -0.614. The summed E-state index contributed by atoms with van der Waals surface area (Å²) in [5.41, 5.74) is -2.64. The van der Waals surface area contributed by atoms with Crippen molar-refractivity contribution in [3.05, 3.63) is 70.2 Å². The van der Waals surface area contributed by atoms with Gasteiger partial charge in [0, 0.05) is 12.1 Å². The Morgan fingerprint density at radius 1 is 0.920 bits per heavy atom. The van der Waals surface area contributed by atoms with Gasteiger partial charge in [-0.2, -0.15) is 31.1 Å². The Hall–Kier alpha value is -2.29. The number of alkyl halides is 6. The molecule has 25 heavy (non-hydrogen) atoms. The molecule has 9 heteroatoms. The maximum Gasteiger partial charge on any atom is 0.416 e. The normalized spacial score (nSPS) is 12.4. The van der Waals surface area contributed by atoms with Gasteiger partial charge in [0.2, 0.25) is 0 Å². The summed E-state index contributed by atoms with van der Waals surface area (Å²) in [4.78, 5) is 0. The van der Waals surface area contributed by atoms with Crippen LogP contribution in [0.5, 0.6) is 0 Å². The van der Waals surface area contributed by atoms with E-state index in [9.17, 15) is 31.5 Å². The van der Waals surface area contributed by atoms with Crippen molar-refractivity contribution < 1.29 is 35.8 Å². The second-order valence-corrected chi connectivity index (χ2v) is 5.23.